The number of hydrogen-bond donors (Lipinski definition) is 6. The monoisotopic (exact) mass is 953 g/mol. The van der Waals surface area contributed by atoms with Gasteiger partial charge in [-0.3, -0.25) is 13.8 Å². The predicted octanol–water partition coefficient (Wildman–Crippen LogP) is 11.5. The van der Waals surface area contributed by atoms with Crippen molar-refractivity contribution in [2.75, 3.05) is 19.8 Å². The summed E-state index contributed by atoms with van der Waals surface area (Å²) >= 11 is 0. The van der Waals surface area contributed by atoms with Gasteiger partial charge in [-0.05, 0) is 83.5 Å². The van der Waals surface area contributed by atoms with Gasteiger partial charge >= 0.3 is 13.8 Å². The van der Waals surface area contributed by atoms with Crippen LogP contribution >= 0.6 is 7.82 Å². The summed E-state index contributed by atoms with van der Waals surface area (Å²) in [5.74, 6) is -0.488. The molecule has 0 amide bonds. The van der Waals surface area contributed by atoms with Crippen LogP contribution in [0.5, 0.6) is 0 Å². The minimum atomic E-state index is -5.03. The second kappa shape index (κ2) is 42.8. The number of unbranched alkanes of at least 4 members (excludes halogenated alkanes) is 19. The molecule has 6 N–H and O–H groups in total. The van der Waals surface area contributed by atoms with Crippen molar-refractivity contribution in [3.05, 3.63) is 72.9 Å². The first kappa shape index (κ1) is 61.8. The Bertz CT molecular complexity index is 1360. The normalized spacial score (nSPS) is 22.0. The van der Waals surface area contributed by atoms with Crippen molar-refractivity contribution >= 4 is 13.8 Å². The topological polar surface area (TPSA) is 192 Å². The molecule has 382 valence electrons. The van der Waals surface area contributed by atoms with Crippen LogP contribution in [-0.2, 0) is 27.9 Å². The highest BCUT2D eigenvalue weighted by Gasteiger charge is 2.51. The van der Waals surface area contributed by atoms with E-state index in [0.717, 1.165) is 89.9 Å². The van der Waals surface area contributed by atoms with E-state index < -0.39 is 63.1 Å². The van der Waals surface area contributed by atoms with E-state index in [-0.39, 0.29) is 13.0 Å². The summed E-state index contributed by atoms with van der Waals surface area (Å²) in [5, 5.41) is 50.3. The molecule has 12 nitrogen and oxygen atoms in total. The second-order valence-corrected chi connectivity index (χ2v) is 19.0. The largest absolute Gasteiger partial charge is 0.472 e. The Morgan fingerprint density at radius 3 is 1.36 bits per heavy atom. The van der Waals surface area contributed by atoms with Gasteiger partial charge in [-0.25, -0.2) is 4.57 Å². The molecule has 1 rings (SSSR count). The van der Waals surface area contributed by atoms with Crippen LogP contribution < -0.4 is 0 Å². The summed E-state index contributed by atoms with van der Waals surface area (Å²) in [4.78, 5) is 23.3. The van der Waals surface area contributed by atoms with E-state index in [1.54, 1.807) is 0 Å². The van der Waals surface area contributed by atoms with Gasteiger partial charge < -0.3 is 39.9 Å². The summed E-state index contributed by atoms with van der Waals surface area (Å²) in [6.45, 7) is 4.10. The van der Waals surface area contributed by atoms with Gasteiger partial charge in [0.05, 0.1) is 13.2 Å². The lowest BCUT2D eigenvalue weighted by Gasteiger charge is -2.41. The maximum Gasteiger partial charge on any atom is 0.472 e. The zero-order chi connectivity index (χ0) is 48.4. The minimum Gasteiger partial charge on any atom is -0.457 e. The second-order valence-electron chi connectivity index (χ2n) is 17.6. The number of allylic oxidation sites excluding steroid dienone is 12. The van der Waals surface area contributed by atoms with Gasteiger partial charge in [-0.1, -0.05) is 177 Å². The van der Waals surface area contributed by atoms with Gasteiger partial charge in [0.25, 0.3) is 0 Å². The quantitative estimate of drug-likeness (QED) is 0.0147. The van der Waals surface area contributed by atoms with E-state index in [2.05, 4.69) is 86.8 Å². The minimum absolute atomic E-state index is 0.0891. The van der Waals surface area contributed by atoms with Crippen molar-refractivity contribution in [3.63, 3.8) is 0 Å². The van der Waals surface area contributed by atoms with Gasteiger partial charge in [0.2, 0.25) is 0 Å². The SMILES string of the molecule is CC/C=C\C/C=C\C/C=C\C/C=C\CCCCCCCCCOCC(COP(=O)(O)OC1C(O)C(O)C(O)C(O)C1O)OC(=O)CCCCCCCCCCC/C=C\C/C=C\CCCCC. The number of carbonyl (C=O) groups is 1. The fourth-order valence-electron chi connectivity index (χ4n) is 7.49. The van der Waals surface area contributed by atoms with Crippen LogP contribution in [0.1, 0.15) is 194 Å². The predicted molar refractivity (Wildman–Crippen MR) is 267 cm³/mol. The Balaban J connectivity index is 2.36. The van der Waals surface area contributed by atoms with E-state index in [0.29, 0.717) is 13.0 Å². The van der Waals surface area contributed by atoms with Crippen molar-refractivity contribution in [1.82, 2.24) is 0 Å². The zero-order valence-corrected chi connectivity index (χ0v) is 41.9. The fraction of sp³-hybridized carbons (Fsp3) is 0.755. The highest BCUT2D eigenvalue weighted by molar-refractivity contribution is 7.47. The average Bonchev–Trinajstić information content (AvgIpc) is 3.30. The zero-order valence-electron chi connectivity index (χ0n) is 41.0. The molecule has 1 saturated carbocycles. The number of esters is 1. The first-order valence-electron chi connectivity index (χ1n) is 25.8. The van der Waals surface area contributed by atoms with Crippen LogP contribution in [0.3, 0.4) is 0 Å². The van der Waals surface area contributed by atoms with E-state index >= 15 is 0 Å². The van der Waals surface area contributed by atoms with E-state index in [1.165, 1.54) is 77.0 Å². The molecule has 13 heteroatoms. The smallest absolute Gasteiger partial charge is 0.457 e. The van der Waals surface area contributed by atoms with Gasteiger partial charge in [-0.15, -0.1) is 0 Å². The van der Waals surface area contributed by atoms with Crippen molar-refractivity contribution in [2.24, 2.45) is 0 Å². The molecule has 0 bridgehead atoms. The van der Waals surface area contributed by atoms with Gasteiger partial charge in [0.1, 0.15) is 42.7 Å². The molecule has 6 unspecified atom stereocenters. The number of phosphoric ester groups is 1. The Labute approximate surface area is 400 Å². The number of ether oxygens (including phenoxy) is 2. The van der Waals surface area contributed by atoms with Crippen LogP contribution in [0.4, 0.5) is 0 Å². The maximum absolute atomic E-state index is 12.9. The molecule has 0 aromatic rings. The molecule has 6 atom stereocenters. The van der Waals surface area contributed by atoms with Crippen LogP contribution in [0.15, 0.2) is 72.9 Å². The lowest BCUT2D eigenvalue weighted by Crippen LogP contribution is -2.64. The third kappa shape index (κ3) is 34.1. The molecule has 0 spiro atoms. The summed E-state index contributed by atoms with van der Waals surface area (Å²) in [6, 6.07) is 0. The number of phosphoric acid groups is 1. The van der Waals surface area contributed by atoms with Crippen molar-refractivity contribution in [2.45, 2.75) is 236 Å². The number of carbonyl (C=O) groups excluding carboxylic acids is 1. The molecule has 0 aromatic carbocycles. The van der Waals surface area contributed by atoms with Crippen LogP contribution in [-0.4, -0.2) is 98.9 Å². The summed E-state index contributed by atoms with van der Waals surface area (Å²) in [7, 11) is -5.03. The van der Waals surface area contributed by atoms with Crippen LogP contribution in [0.25, 0.3) is 0 Å². The number of aliphatic hydroxyl groups is 5. The lowest BCUT2D eigenvalue weighted by molar-refractivity contribution is -0.220. The van der Waals surface area contributed by atoms with Crippen molar-refractivity contribution < 1.29 is 58.3 Å². The van der Waals surface area contributed by atoms with Gasteiger partial charge in [0, 0.05) is 13.0 Å². The molecule has 1 fully saturated rings. The third-order valence-electron chi connectivity index (χ3n) is 11.6. The Hall–Kier alpha value is -2.22. The first-order valence-corrected chi connectivity index (χ1v) is 27.3. The van der Waals surface area contributed by atoms with Crippen molar-refractivity contribution in [3.8, 4) is 0 Å². The molecule has 0 radical (unpaired) electrons. The molecule has 66 heavy (non-hydrogen) atoms. The van der Waals surface area contributed by atoms with E-state index in [4.69, 9.17) is 18.5 Å². The van der Waals surface area contributed by atoms with Crippen molar-refractivity contribution in [1.29, 1.82) is 0 Å². The molecule has 0 saturated heterocycles. The number of hydrogen-bond acceptors (Lipinski definition) is 11. The third-order valence-corrected chi connectivity index (χ3v) is 12.5. The molecule has 0 heterocycles. The standard InChI is InChI=1S/C53H93O12P/c1-3-5-7-9-11-13-15-17-19-21-23-25-27-29-31-33-35-37-39-41-43-62-44-46(45-63-66(60,61)65-53-51(58)49(56)48(55)50(57)52(53)59)64-47(54)42-40-38-36-34-32-30-28-26-24-22-20-18-16-14-12-10-8-6-4-2/h5,7,11-14,17-20,23,25,46,48-53,55-59H,3-4,6,8-10,15-16,21-22,24,26-45H2,1-2H3,(H,60,61)/b7-5-,13-11-,14-12-,19-17-,20-18-,25-23-. The van der Waals surface area contributed by atoms with Gasteiger partial charge in [-0.2, -0.15) is 0 Å². The number of rotatable bonds is 43. The van der Waals surface area contributed by atoms with E-state index in [9.17, 15) is 39.8 Å². The summed E-state index contributed by atoms with van der Waals surface area (Å²) < 4.78 is 34.3. The molecule has 0 aromatic heterocycles. The first-order chi connectivity index (χ1) is 32.0. The molecular weight excluding hydrogens is 860 g/mol. The fourth-order valence-corrected chi connectivity index (χ4v) is 8.47. The highest BCUT2D eigenvalue weighted by atomic mass is 31.2. The summed E-state index contributed by atoms with van der Waals surface area (Å²) in [6.07, 6.45) is 43.9. The van der Waals surface area contributed by atoms with Crippen LogP contribution in [0.2, 0.25) is 0 Å². The highest BCUT2D eigenvalue weighted by Crippen LogP contribution is 2.47. The lowest BCUT2D eigenvalue weighted by atomic mass is 9.85. The molecule has 0 aliphatic heterocycles. The van der Waals surface area contributed by atoms with E-state index in [1.807, 2.05) is 0 Å². The number of aliphatic hydroxyl groups excluding tert-OH is 5. The summed E-state index contributed by atoms with van der Waals surface area (Å²) in [5.41, 5.74) is 0. The molecular formula is C53H93O12P. The Morgan fingerprint density at radius 2 is 0.894 bits per heavy atom. The molecule has 1 aliphatic rings. The van der Waals surface area contributed by atoms with Gasteiger partial charge in [0.15, 0.2) is 0 Å². The maximum atomic E-state index is 12.9. The van der Waals surface area contributed by atoms with Crippen LogP contribution in [0, 0.1) is 0 Å². The molecule has 1 aliphatic carbocycles. The average molecular weight is 953 g/mol. The Kier molecular flexibility index (Phi) is 40.1. The Morgan fingerprint density at radius 1 is 0.500 bits per heavy atom.